The Bertz CT molecular complexity index is 421. The summed E-state index contributed by atoms with van der Waals surface area (Å²) in [5.74, 6) is 0.228. The first-order valence-corrected chi connectivity index (χ1v) is 8.44. The van der Waals surface area contributed by atoms with Crippen LogP contribution in [0.4, 0.5) is 0 Å². The number of ether oxygens (including phenoxy) is 5. The Hall–Kier alpha value is -0.690. The van der Waals surface area contributed by atoms with E-state index in [9.17, 15) is 4.79 Å². The molecule has 0 aromatic heterocycles. The zero-order chi connectivity index (χ0) is 15.1. The maximum Gasteiger partial charge on any atom is 0.306 e. The molecule has 0 amide bonds. The lowest BCUT2D eigenvalue weighted by molar-refractivity contribution is -0.204. The molecule has 4 aliphatic rings. The lowest BCUT2D eigenvalue weighted by Gasteiger charge is -2.31. The first-order chi connectivity index (χ1) is 10.7. The molecule has 4 fully saturated rings. The quantitative estimate of drug-likeness (QED) is 0.738. The molecular weight excluding hydrogens is 288 g/mol. The van der Waals surface area contributed by atoms with Crippen LogP contribution in [0.15, 0.2) is 0 Å². The van der Waals surface area contributed by atoms with Gasteiger partial charge in [-0.25, -0.2) is 0 Å². The van der Waals surface area contributed by atoms with Crippen LogP contribution in [-0.4, -0.2) is 50.1 Å². The van der Waals surface area contributed by atoms with Crippen molar-refractivity contribution >= 4 is 5.97 Å². The molecule has 0 bridgehead atoms. The van der Waals surface area contributed by atoms with Gasteiger partial charge in [0.05, 0.1) is 25.2 Å². The third-order valence-electron chi connectivity index (χ3n) is 5.31. The van der Waals surface area contributed by atoms with Crippen molar-refractivity contribution in [1.82, 2.24) is 0 Å². The second-order valence-corrected chi connectivity index (χ2v) is 6.76. The lowest BCUT2D eigenvalue weighted by Crippen LogP contribution is -2.38. The molecule has 124 valence electrons. The number of carbonyl (C=O) groups excluding carboxylic acids is 1. The molecule has 1 saturated carbocycles. The van der Waals surface area contributed by atoms with Crippen molar-refractivity contribution in [3.8, 4) is 0 Å². The van der Waals surface area contributed by atoms with Gasteiger partial charge in [0, 0.05) is 24.9 Å². The molecule has 3 heterocycles. The van der Waals surface area contributed by atoms with Crippen molar-refractivity contribution in [3.05, 3.63) is 0 Å². The molecule has 6 heteroatoms. The average molecular weight is 312 g/mol. The Kier molecular flexibility index (Phi) is 4.11. The van der Waals surface area contributed by atoms with Gasteiger partial charge in [-0.3, -0.25) is 4.79 Å². The molecular formula is C16H24O6. The molecule has 7 atom stereocenters. The van der Waals surface area contributed by atoms with Crippen molar-refractivity contribution in [3.63, 3.8) is 0 Å². The van der Waals surface area contributed by atoms with Crippen LogP contribution in [0.3, 0.4) is 0 Å². The second kappa shape index (κ2) is 6.07. The summed E-state index contributed by atoms with van der Waals surface area (Å²) in [5, 5.41) is 0. The van der Waals surface area contributed by atoms with E-state index in [2.05, 4.69) is 0 Å². The maximum absolute atomic E-state index is 11.6. The van der Waals surface area contributed by atoms with E-state index in [1.54, 1.807) is 0 Å². The summed E-state index contributed by atoms with van der Waals surface area (Å²) in [6, 6.07) is 0. The van der Waals surface area contributed by atoms with Gasteiger partial charge in [-0.15, -0.1) is 0 Å². The summed E-state index contributed by atoms with van der Waals surface area (Å²) in [5.41, 5.74) is 0. The zero-order valence-electron chi connectivity index (χ0n) is 12.9. The highest BCUT2D eigenvalue weighted by atomic mass is 16.7. The van der Waals surface area contributed by atoms with Crippen molar-refractivity contribution in [2.45, 2.75) is 69.9 Å². The van der Waals surface area contributed by atoms with E-state index in [0.29, 0.717) is 13.0 Å². The predicted octanol–water partition coefficient (Wildman–Crippen LogP) is 1.61. The zero-order valence-corrected chi connectivity index (χ0v) is 12.9. The molecule has 0 aromatic rings. The number of rotatable bonds is 3. The van der Waals surface area contributed by atoms with E-state index in [1.807, 2.05) is 6.92 Å². The normalized spacial score (nSPS) is 48.4. The fraction of sp³-hybridized carbons (Fsp3) is 0.938. The van der Waals surface area contributed by atoms with Crippen LogP contribution in [0, 0.1) is 11.8 Å². The van der Waals surface area contributed by atoms with Crippen LogP contribution in [0.1, 0.15) is 39.0 Å². The summed E-state index contributed by atoms with van der Waals surface area (Å²) >= 11 is 0. The fourth-order valence-corrected chi connectivity index (χ4v) is 4.33. The van der Waals surface area contributed by atoms with E-state index in [1.165, 1.54) is 0 Å². The van der Waals surface area contributed by atoms with Gasteiger partial charge in [-0.05, 0) is 26.2 Å². The van der Waals surface area contributed by atoms with Crippen molar-refractivity contribution < 1.29 is 28.5 Å². The van der Waals surface area contributed by atoms with Gasteiger partial charge in [-0.2, -0.15) is 0 Å². The Morgan fingerprint density at radius 3 is 2.82 bits per heavy atom. The summed E-state index contributed by atoms with van der Waals surface area (Å²) in [6.45, 7) is 3.24. The van der Waals surface area contributed by atoms with Crippen molar-refractivity contribution in [2.75, 3.05) is 13.2 Å². The van der Waals surface area contributed by atoms with Crippen LogP contribution in [-0.2, 0) is 28.5 Å². The van der Waals surface area contributed by atoms with Gasteiger partial charge in [0.25, 0.3) is 0 Å². The molecule has 0 radical (unpaired) electrons. The highest BCUT2D eigenvalue weighted by Crippen LogP contribution is 2.46. The summed E-state index contributed by atoms with van der Waals surface area (Å²) in [7, 11) is 0. The third-order valence-corrected chi connectivity index (χ3v) is 5.31. The standard InChI is InChI=1S/C16H24O6/c1-9-19-8-13(20-9)16-10-6-14(17)21-11(10)7-12(16)22-15-4-2-3-5-18-15/h9-13,15-16H,2-8H2,1H3/t9?,10-,11-,12+,13-,15?,16+/m0/s1. The minimum absolute atomic E-state index is 0.0186. The third kappa shape index (κ3) is 2.77. The van der Waals surface area contributed by atoms with E-state index in [4.69, 9.17) is 23.7 Å². The SMILES string of the molecule is CC1OC[C@@H]([C@@H]2[C@H]3CC(=O)O[C@H]3C[C@H]2OC2CCCCO2)O1. The van der Waals surface area contributed by atoms with Crippen LogP contribution in [0.5, 0.6) is 0 Å². The largest absolute Gasteiger partial charge is 0.462 e. The second-order valence-electron chi connectivity index (χ2n) is 6.76. The monoisotopic (exact) mass is 312 g/mol. The average Bonchev–Trinajstić information content (AvgIpc) is 3.14. The number of hydrogen-bond donors (Lipinski definition) is 0. The Labute approximate surface area is 130 Å². The molecule has 3 saturated heterocycles. The summed E-state index contributed by atoms with van der Waals surface area (Å²) < 4.78 is 28.9. The number of fused-ring (bicyclic) bond motifs is 1. The molecule has 22 heavy (non-hydrogen) atoms. The van der Waals surface area contributed by atoms with E-state index in [-0.39, 0.29) is 48.7 Å². The fourth-order valence-electron chi connectivity index (χ4n) is 4.33. The van der Waals surface area contributed by atoms with Crippen molar-refractivity contribution in [1.29, 1.82) is 0 Å². The van der Waals surface area contributed by atoms with Gasteiger partial charge >= 0.3 is 5.97 Å². The number of carbonyl (C=O) groups is 1. The number of hydrogen-bond acceptors (Lipinski definition) is 6. The maximum atomic E-state index is 11.6. The molecule has 6 nitrogen and oxygen atoms in total. The van der Waals surface area contributed by atoms with Gasteiger partial charge in [-0.1, -0.05) is 0 Å². The Morgan fingerprint density at radius 2 is 2.09 bits per heavy atom. The smallest absolute Gasteiger partial charge is 0.306 e. The topological polar surface area (TPSA) is 63.2 Å². The van der Waals surface area contributed by atoms with Gasteiger partial charge < -0.3 is 23.7 Å². The van der Waals surface area contributed by atoms with Crippen LogP contribution >= 0.6 is 0 Å². The van der Waals surface area contributed by atoms with E-state index < -0.39 is 0 Å². The predicted molar refractivity (Wildman–Crippen MR) is 74.8 cm³/mol. The van der Waals surface area contributed by atoms with Crippen LogP contribution < -0.4 is 0 Å². The molecule has 4 rings (SSSR count). The molecule has 2 unspecified atom stereocenters. The summed E-state index contributed by atoms with van der Waals surface area (Å²) in [4.78, 5) is 11.6. The van der Waals surface area contributed by atoms with Crippen LogP contribution in [0.2, 0.25) is 0 Å². The molecule has 0 N–H and O–H groups in total. The van der Waals surface area contributed by atoms with Crippen LogP contribution in [0.25, 0.3) is 0 Å². The van der Waals surface area contributed by atoms with Crippen molar-refractivity contribution in [2.24, 2.45) is 11.8 Å². The molecule has 0 aromatic carbocycles. The lowest BCUT2D eigenvalue weighted by atomic mass is 9.87. The molecule has 3 aliphatic heterocycles. The highest BCUT2D eigenvalue weighted by Gasteiger charge is 2.55. The Balaban J connectivity index is 1.47. The van der Waals surface area contributed by atoms with Gasteiger partial charge in [0.2, 0.25) is 0 Å². The molecule has 1 aliphatic carbocycles. The van der Waals surface area contributed by atoms with E-state index >= 15 is 0 Å². The van der Waals surface area contributed by atoms with Gasteiger partial charge in [0.1, 0.15) is 6.10 Å². The summed E-state index contributed by atoms with van der Waals surface area (Å²) in [6.07, 6.45) is 4.05. The first kappa shape index (κ1) is 14.9. The minimum Gasteiger partial charge on any atom is -0.462 e. The minimum atomic E-state index is -0.186. The first-order valence-electron chi connectivity index (χ1n) is 8.44. The van der Waals surface area contributed by atoms with Gasteiger partial charge in [0.15, 0.2) is 12.6 Å². The van der Waals surface area contributed by atoms with E-state index in [0.717, 1.165) is 32.3 Å². The highest BCUT2D eigenvalue weighted by molar-refractivity contribution is 5.72. The number of esters is 1. The Morgan fingerprint density at radius 1 is 1.18 bits per heavy atom. The molecule has 0 spiro atoms.